The van der Waals surface area contributed by atoms with Gasteiger partial charge in [0.15, 0.2) is 11.7 Å². The number of aryl methyl sites for hydroxylation is 2. The van der Waals surface area contributed by atoms with Gasteiger partial charge in [0.05, 0.1) is 36.0 Å². The quantitative estimate of drug-likeness (QED) is 0.381. The van der Waals surface area contributed by atoms with Gasteiger partial charge in [0.25, 0.3) is 0 Å². The highest BCUT2D eigenvalue weighted by Gasteiger charge is 2.43. The van der Waals surface area contributed by atoms with E-state index in [1.807, 2.05) is 43.8 Å². The summed E-state index contributed by atoms with van der Waals surface area (Å²) in [6.45, 7) is 11.7. The highest BCUT2D eigenvalue weighted by molar-refractivity contribution is 5.96. The lowest BCUT2D eigenvalue weighted by molar-refractivity contribution is 0.0590. The van der Waals surface area contributed by atoms with E-state index in [2.05, 4.69) is 23.5 Å². The summed E-state index contributed by atoms with van der Waals surface area (Å²) in [6.07, 6.45) is 1.08. The van der Waals surface area contributed by atoms with E-state index < -0.39 is 18.4 Å². The number of epoxide rings is 1. The molecule has 8 heteroatoms. The molecule has 2 aromatic heterocycles. The van der Waals surface area contributed by atoms with E-state index in [1.165, 1.54) is 7.11 Å². The van der Waals surface area contributed by atoms with Crippen molar-refractivity contribution in [1.82, 2.24) is 14.3 Å². The van der Waals surface area contributed by atoms with Crippen LogP contribution in [-0.4, -0.2) is 40.3 Å². The van der Waals surface area contributed by atoms with Gasteiger partial charge in [-0.15, -0.1) is 0 Å². The molecule has 1 saturated heterocycles. The number of rotatable bonds is 8. The molecule has 0 bridgehead atoms. The van der Waals surface area contributed by atoms with Crippen LogP contribution in [0.3, 0.4) is 0 Å². The molecule has 1 aromatic carbocycles. The van der Waals surface area contributed by atoms with Gasteiger partial charge in [0.2, 0.25) is 0 Å². The topological polar surface area (TPSA) is 87.9 Å². The standard InChI is InChI=1S/C25H31N3O5/c1-7-32-25-23(33-25)20-13-27(11-14(2)3)21-9-17(12-28-16(5)8-15(4)26-28)18(24(30)31-6)10-19(21)22(20)29/h8-10,13-14,23,25H,7,11-12H2,1-6H3. The first-order valence-corrected chi connectivity index (χ1v) is 11.3. The molecule has 2 atom stereocenters. The summed E-state index contributed by atoms with van der Waals surface area (Å²) in [5.74, 6) is -0.130. The first kappa shape index (κ1) is 23.2. The molecule has 1 aliphatic rings. The van der Waals surface area contributed by atoms with Crippen molar-refractivity contribution in [3.05, 3.63) is 62.7 Å². The number of hydrogen-bond donors (Lipinski definition) is 0. The van der Waals surface area contributed by atoms with Crippen LogP contribution in [0.5, 0.6) is 0 Å². The Morgan fingerprint density at radius 1 is 1.24 bits per heavy atom. The Kier molecular flexibility index (Phi) is 6.41. The highest BCUT2D eigenvalue weighted by atomic mass is 16.8. The van der Waals surface area contributed by atoms with Crippen LogP contribution in [0.15, 0.2) is 29.2 Å². The van der Waals surface area contributed by atoms with Gasteiger partial charge in [0.1, 0.15) is 6.10 Å². The molecule has 0 aliphatic carbocycles. The van der Waals surface area contributed by atoms with Crippen LogP contribution >= 0.6 is 0 Å². The molecule has 176 valence electrons. The smallest absolute Gasteiger partial charge is 0.338 e. The van der Waals surface area contributed by atoms with Crippen LogP contribution < -0.4 is 5.43 Å². The number of benzene rings is 1. The van der Waals surface area contributed by atoms with Crippen LogP contribution in [0, 0.1) is 19.8 Å². The molecule has 4 rings (SSSR count). The van der Waals surface area contributed by atoms with Gasteiger partial charge in [-0.05, 0) is 50.5 Å². The monoisotopic (exact) mass is 453 g/mol. The second-order valence-corrected chi connectivity index (χ2v) is 8.94. The van der Waals surface area contributed by atoms with Crippen LogP contribution in [0.2, 0.25) is 0 Å². The Morgan fingerprint density at radius 2 is 2.00 bits per heavy atom. The van der Waals surface area contributed by atoms with E-state index in [1.54, 1.807) is 6.07 Å². The van der Waals surface area contributed by atoms with Crippen LogP contribution in [0.25, 0.3) is 10.9 Å². The van der Waals surface area contributed by atoms with E-state index >= 15 is 0 Å². The molecule has 2 unspecified atom stereocenters. The Labute approximate surface area is 193 Å². The number of hydrogen-bond acceptors (Lipinski definition) is 6. The van der Waals surface area contributed by atoms with Crippen molar-refractivity contribution in [2.45, 2.75) is 60.1 Å². The minimum Gasteiger partial charge on any atom is -0.465 e. The third-order valence-electron chi connectivity index (χ3n) is 5.81. The van der Waals surface area contributed by atoms with Gasteiger partial charge in [-0.25, -0.2) is 4.79 Å². The molecule has 1 fully saturated rings. The zero-order valence-electron chi connectivity index (χ0n) is 20.0. The van der Waals surface area contributed by atoms with Crippen molar-refractivity contribution >= 4 is 16.9 Å². The predicted octanol–water partition coefficient (Wildman–Crippen LogP) is 3.74. The Bertz CT molecular complexity index is 1260. The van der Waals surface area contributed by atoms with E-state index in [-0.39, 0.29) is 5.43 Å². The minimum absolute atomic E-state index is 0.153. The normalized spacial score (nSPS) is 17.7. The van der Waals surface area contributed by atoms with Crippen molar-refractivity contribution in [2.75, 3.05) is 13.7 Å². The summed E-state index contributed by atoms with van der Waals surface area (Å²) in [5, 5.41) is 5.01. The van der Waals surface area contributed by atoms with Gasteiger partial charge in [-0.2, -0.15) is 5.10 Å². The molecule has 0 amide bonds. The van der Waals surface area contributed by atoms with Gasteiger partial charge < -0.3 is 18.8 Å². The number of methoxy groups -OCH3 is 1. The molecule has 0 spiro atoms. The van der Waals surface area contributed by atoms with Crippen molar-refractivity contribution in [3.63, 3.8) is 0 Å². The summed E-state index contributed by atoms with van der Waals surface area (Å²) in [4.78, 5) is 26.2. The maximum absolute atomic E-state index is 13.5. The lowest BCUT2D eigenvalue weighted by Gasteiger charge is -2.18. The van der Waals surface area contributed by atoms with Crippen LogP contribution in [0.1, 0.15) is 59.7 Å². The zero-order chi connectivity index (χ0) is 23.9. The fourth-order valence-corrected chi connectivity index (χ4v) is 4.29. The summed E-state index contributed by atoms with van der Waals surface area (Å²) in [6, 6.07) is 5.56. The third kappa shape index (κ3) is 4.58. The van der Waals surface area contributed by atoms with Gasteiger partial charge in [0, 0.05) is 30.4 Å². The molecule has 0 saturated carbocycles. The third-order valence-corrected chi connectivity index (χ3v) is 5.81. The summed E-state index contributed by atoms with van der Waals surface area (Å²) in [7, 11) is 1.35. The van der Waals surface area contributed by atoms with E-state index in [0.717, 1.165) is 22.5 Å². The number of aromatic nitrogens is 3. The molecular formula is C25H31N3O5. The largest absolute Gasteiger partial charge is 0.465 e. The average Bonchev–Trinajstić information content (AvgIpc) is 3.45. The number of carbonyl (C=O) groups is 1. The Balaban J connectivity index is 1.91. The van der Waals surface area contributed by atoms with Crippen LogP contribution in [0.4, 0.5) is 0 Å². The number of esters is 1. The molecule has 3 heterocycles. The van der Waals surface area contributed by atoms with Gasteiger partial charge >= 0.3 is 5.97 Å². The van der Waals surface area contributed by atoms with E-state index in [9.17, 15) is 9.59 Å². The SMILES string of the molecule is CCOC1OC1c1cn(CC(C)C)c2cc(Cn3nc(C)cc3C)c(C(=O)OC)cc2c1=O. The van der Waals surface area contributed by atoms with E-state index in [4.69, 9.17) is 14.2 Å². The molecular weight excluding hydrogens is 422 g/mol. The zero-order valence-corrected chi connectivity index (χ0v) is 20.0. The van der Waals surface area contributed by atoms with Crippen molar-refractivity contribution < 1.29 is 19.0 Å². The van der Waals surface area contributed by atoms with Crippen molar-refractivity contribution in [2.24, 2.45) is 5.92 Å². The number of nitrogens with zero attached hydrogens (tertiary/aromatic N) is 3. The van der Waals surface area contributed by atoms with Crippen molar-refractivity contribution in [1.29, 1.82) is 0 Å². The number of ether oxygens (including phenoxy) is 3. The summed E-state index contributed by atoms with van der Waals surface area (Å²) in [5.41, 5.74) is 4.17. The van der Waals surface area contributed by atoms with Gasteiger partial charge in [-0.1, -0.05) is 13.8 Å². The van der Waals surface area contributed by atoms with Gasteiger partial charge in [-0.3, -0.25) is 9.48 Å². The first-order valence-electron chi connectivity index (χ1n) is 11.3. The summed E-state index contributed by atoms with van der Waals surface area (Å²) < 4.78 is 20.1. The van der Waals surface area contributed by atoms with Crippen molar-refractivity contribution in [3.8, 4) is 0 Å². The molecule has 0 N–H and O–H groups in total. The molecule has 3 aromatic rings. The lowest BCUT2D eigenvalue weighted by atomic mass is 10.0. The Morgan fingerprint density at radius 3 is 2.61 bits per heavy atom. The molecule has 8 nitrogen and oxygen atoms in total. The molecule has 0 radical (unpaired) electrons. The fraction of sp³-hybridized carbons (Fsp3) is 0.480. The first-order chi connectivity index (χ1) is 15.7. The highest BCUT2D eigenvalue weighted by Crippen LogP contribution is 2.38. The number of fused-ring (bicyclic) bond motifs is 1. The average molecular weight is 454 g/mol. The fourth-order valence-electron chi connectivity index (χ4n) is 4.29. The second kappa shape index (κ2) is 9.11. The minimum atomic E-state index is -0.483. The molecule has 33 heavy (non-hydrogen) atoms. The number of carbonyl (C=O) groups excluding carboxylic acids is 1. The maximum Gasteiger partial charge on any atom is 0.338 e. The lowest BCUT2D eigenvalue weighted by Crippen LogP contribution is -2.19. The second-order valence-electron chi connectivity index (χ2n) is 8.94. The Hall–Kier alpha value is -2.97. The number of pyridine rings is 1. The molecule has 1 aliphatic heterocycles. The predicted molar refractivity (Wildman–Crippen MR) is 124 cm³/mol. The van der Waals surface area contributed by atoms with Crippen LogP contribution in [-0.2, 0) is 27.3 Å². The van der Waals surface area contributed by atoms with E-state index in [0.29, 0.717) is 42.1 Å². The summed E-state index contributed by atoms with van der Waals surface area (Å²) >= 11 is 0. The maximum atomic E-state index is 13.5.